The van der Waals surface area contributed by atoms with Gasteiger partial charge in [-0.3, -0.25) is 9.36 Å². The molecular weight excluding hydrogens is 395 g/mol. The van der Waals surface area contributed by atoms with E-state index in [1.54, 1.807) is 12.1 Å². The minimum Gasteiger partial charge on any atom is -0.385 e. The van der Waals surface area contributed by atoms with Gasteiger partial charge in [-0.2, -0.15) is 13.2 Å². The topological polar surface area (TPSA) is 55.3 Å². The fourth-order valence-corrected chi connectivity index (χ4v) is 3.29. The van der Waals surface area contributed by atoms with Gasteiger partial charge in [0.1, 0.15) is 0 Å². The van der Waals surface area contributed by atoms with Crippen LogP contribution in [0.5, 0.6) is 0 Å². The molecule has 0 saturated carbocycles. The van der Waals surface area contributed by atoms with Gasteiger partial charge in [-0.1, -0.05) is 11.6 Å². The van der Waals surface area contributed by atoms with Crippen molar-refractivity contribution >= 4 is 17.3 Å². The Balaban J connectivity index is 1.65. The summed E-state index contributed by atoms with van der Waals surface area (Å²) in [4.78, 5) is 12.0. The number of anilines is 1. The van der Waals surface area contributed by atoms with Crippen LogP contribution in [0.2, 0.25) is 5.02 Å². The second-order valence-electron chi connectivity index (χ2n) is 6.56. The van der Waals surface area contributed by atoms with Crippen LogP contribution in [0.3, 0.4) is 0 Å². The van der Waals surface area contributed by atoms with Crippen molar-refractivity contribution in [1.29, 1.82) is 0 Å². The van der Waals surface area contributed by atoms with Crippen molar-refractivity contribution in [2.24, 2.45) is 0 Å². The van der Waals surface area contributed by atoms with E-state index >= 15 is 0 Å². The zero-order chi connectivity index (χ0) is 20.1. The lowest BCUT2D eigenvalue weighted by atomic mass is 10.1. The lowest BCUT2D eigenvalue weighted by molar-refractivity contribution is -0.138. The standard InChI is InChI=1S/C19H21ClF3N3O2/c20-16-10-14(25-7-1-2-15-11-24-8-9-28-15)4-5-17(16)26-12-13(19(21,22)23)3-6-18(26)27/h3-6,10,12,15,24-25H,1-2,7-9,11H2. The summed E-state index contributed by atoms with van der Waals surface area (Å²) in [6.45, 7) is 3.17. The average Bonchev–Trinajstić information content (AvgIpc) is 2.66. The molecule has 0 aliphatic carbocycles. The van der Waals surface area contributed by atoms with Crippen molar-refractivity contribution < 1.29 is 17.9 Å². The molecule has 1 fully saturated rings. The van der Waals surface area contributed by atoms with Crippen LogP contribution >= 0.6 is 11.6 Å². The molecule has 0 amide bonds. The summed E-state index contributed by atoms with van der Waals surface area (Å²) in [5, 5.41) is 6.69. The summed E-state index contributed by atoms with van der Waals surface area (Å²) in [5.41, 5.74) is -0.567. The van der Waals surface area contributed by atoms with Gasteiger partial charge in [0, 0.05) is 37.6 Å². The van der Waals surface area contributed by atoms with Crippen molar-refractivity contribution in [2.45, 2.75) is 25.1 Å². The van der Waals surface area contributed by atoms with E-state index in [4.69, 9.17) is 16.3 Å². The van der Waals surface area contributed by atoms with E-state index in [1.807, 2.05) is 0 Å². The number of alkyl halides is 3. The molecule has 1 aromatic heterocycles. The molecule has 0 spiro atoms. The van der Waals surface area contributed by atoms with Crippen LogP contribution in [0.4, 0.5) is 18.9 Å². The third-order valence-electron chi connectivity index (χ3n) is 4.48. The summed E-state index contributed by atoms with van der Waals surface area (Å²) in [6, 6.07) is 6.46. The summed E-state index contributed by atoms with van der Waals surface area (Å²) in [7, 11) is 0. The summed E-state index contributed by atoms with van der Waals surface area (Å²) in [6.07, 6.45) is -1.74. The summed E-state index contributed by atoms with van der Waals surface area (Å²) < 4.78 is 45.3. The minimum atomic E-state index is -4.54. The fourth-order valence-electron chi connectivity index (χ4n) is 3.02. The van der Waals surface area contributed by atoms with E-state index < -0.39 is 17.3 Å². The van der Waals surface area contributed by atoms with Crippen LogP contribution in [0.25, 0.3) is 5.69 Å². The Bertz CT molecular complexity index is 864. The molecule has 0 radical (unpaired) electrons. The van der Waals surface area contributed by atoms with Crippen LogP contribution in [0, 0.1) is 0 Å². The van der Waals surface area contributed by atoms with E-state index in [0.717, 1.165) is 61.1 Å². The molecule has 9 heteroatoms. The Morgan fingerprint density at radius 1 is 1.29 bits per heavy atom. The number of ether oxygens (including phenoxy) is 1. The molecule has 2 N–H and O–H groups in total. The van der Waals surface area contributed by atoms with E-state index in [0.29, 0.717) is 6.54 Å². The van der Waals surface area contributed by atoms with Gasteiger partial charge in [-0.25, -0.2) is 0 Å². The Hall–Kier alpha value is -2.03. The first-order chi connectivity index (χ1) is 13.3. The molecule has 2 aromatic rings. The highest BCUT2D eigenvalue weighted by Gasteiger charge is 2.31. The van der Waals surface area contributed by atoms with Gasteiger partial charge in [0.25, 0.3) is 5.56 Å². The SMILES string of the molecule is O=c1ccc(C(F)(F)F)cn1-c1ccc(NCCCC2CNCCO2)cc1Cl. The van der Waals surface area contributed by atoms with Crippen LogP contribution < -0.4 is 16.2 Å². The number of aromatic nitrogens is 1. The van der Waals surface area contributed by atoms with Crippen LogP contribution in [-0.4, -0.2) is 36.9 Å². The fraction of sp³-hybridized carbons (Fsp3) is 0.421. The third-order valence-corrected chi connectivity index (χ3v) is 4.78. The first-order valence-corrected chi connectivity index (χ1v) is 9.38. The van der Waals surface area contributed by atoms with Gasteiger partial charge < -0.3 is 15.4 Å². The number of hydrogen-bond donors (Lipinski definition) is 2. The molecule has 1 saturated heterocycles. The van der Waals surface area contributed by atoms with Gasteiger partial charge in [0.15, 0.2) is 0 Å². The molecule has 152 valence electrons. The summed E-state index contributed by atoms with van der Waals surface area (Å²) >= 11 is 6.23. The maximum Gasteiger partial charge on any atom is 0.417 e. The lowest BCUT2D eigenvalue weighted by Crippen LogP contribution is -2.38. The van der Waals surface area contributed by atoms with Gasteiger partial charge in [0.05, 0.1) is 29.0 Å². The van der Waals surface area contributed by atoms with E-state index in [9.17, 15) is 18.0 Å². The molecular formula is C19H21ClF3N3O2. The zero-order valence-electron chi connectivity index (χ0n) is 15.1. The molecule has 28 heavy (non-hydrogen) atoms. The van der Waals surface area contributed by atoms with Crippen LogP contribution in [0.15, 0.2) is 41.3 Å². The maximum atomic E-state index is 12.9. The highest BCUT2D eigenvalue weighted by molar-refractivity contribution is 6.32. The smallest absolute Gasteiger partial charge is 0.385 e. The second kappa shape index (κ2) is 8.98. The van der Waals surface area contributed by atoms with E-state index in [-0.39, 0.29) is 16.8 Å². The minimum absolute atomic E-state index is 0.186. The molecule has 1 aliphatic heterocycles. The maximum absolute atomic E-state index is 12.9. The third kappa shape index (κ3) is 5.27. The second-order valence-corrected chi connectivity index (χ2v) is 6.96. The molecule has 0 bridgehead atoms. The van der Waals surface area contributed by atoms with Gasteiger partial charge in [-0.05, 0) is 37.1 Å². The number of pyridine rings is 1. The number of nitrogens with one attached hydrogen (secondary N) is 2. The van der Waals surface area contributed by atoms with Crippen molar-refractivity contribution in [3.63, 3.8) is 0 Å². The van der Waals surface area contributed by atoms with Gasteiger partial charge in [0.2, 0.25) is 0 Å². The van der Waals surface area contributed by atoms with Crippen molar-refractivity contribution in [3.05, 3.63) is 57.5 Å². The molecule has 1 atom stereocenters. The summed E-state index contributed by atoms with van der Waals surface area (Å²) in [5.74, 6) is 0. The largest absolute Gasteiger partial charge is 0.417 e. The monoisotopic (exact) mass is 415 g/mol. The number of rotatable bonds is 6. The molecule has 1 aliphatic rings. The normalized spacial score (nSPS) is 17.5. The number of benzene rings is 1. The molecule has 3 rings (SSSR count). The Labute approximate surface area is 165 Å². The number of halogens is 4. The quantitative estimate of drug-likeness (QED) is 0.706. The highest BCUT2D eigenvalue weighted by Crippen LogP contribution is 2.30. The first kappa shape index (κ1) is 20.7. The number of nitrogens with zero attached hydrogens (tertiary/aromatic N) is 1. The molecule has 1 unspecified atom stereocenters. The first-order valence-electron chi connectivity index (χ1n) is 9.00. The highest BCUT2D eigenvalue weighted by atomic mass is 35.5. The van der Waals surface area contributed by atoms with Gasteiger partial charge in [-0.15, -0.1) is 0 Å². The van der Waals surface area contributed by atoms with Crippen LogP contribution in [0.1, 0.15) is 18.4 Å². The molecule has 2 heterocycles. The number of hydrogen-bond acceptors (Lipinski definition) is 4. The molecule has 5 nitrogen and oxygen atoms in total. The Morgan fingerprint density at radius 2 is 2.11 bits per heavy atom. The Morgan fingerprint density at radius 3 is 2.79 bits per heavy atom. The van der Waals surface area contributed by atoms with Gasteiger partial charge >= 0.3 is 6.18 Å². The molecule has 1 aromatic carbocycles. The number of morpholine rings is 1. The predicted molar refractivity (Wildman–Crippen MR) is 102 cm³/mol. The van der Waals surface area contributed by atoms with Crippen molar-refractivity contribution in [3.8, 4) is 5.69 Å². The van der Waals surface area contributed by atoms with E-state index in [1.165, 1.54) is 6.07 Å². The Kier molecular flexibility index (Phi) is 6.64. The zero-order valence-corrected chi connectivity index (χ0v) is 15.8. The lowest BCUT2D eigenvalue weighted by Gasteiger charge is -2.23. The van der Waals surface area contributed by atoms with Crippen molar-refractivity contribution in [1.82, 2.24) is 9.88 Å². The van der Waals surface area contributed by atoms with Crippen LogP contribution in [-0.2, 0) is 10.9 Å². The van der Waals surface area contributed by atoms with E-state index in [2.05, 4.69) is 10.6 Å². The average molecular weight is 416 g/mol. The predicted octanol–water partition coefficient (Wildman–Crippen LogP) is 3.69. The van der Waals surface area contributed by atoms with Crippen molar-refractivity contribution in [2.75, 3.05) is 31.6 Å².